The molecule has 0 saturated carbocycles. The molecule has 44 heavy (non-hydrogen) atoms. The SMILES string of the molecule is C=CCN(CCCCC)C(=O)C1N(CCCCCO)C(=O)[C@@H]2[C@@H](C(=O)N(CC=C)c3ccc(OCC)cc3)[C@@H]3SC12CC3Br. The number of anilines is 1. The van der Waals surface area contributed by atoms with Gasteiger partial charge in [0.2, 0.25) is 17.7 Å². The molecule has 10 heteroatoms. The summed E-state index contributed by atoms with van der Waals surface area (Å²) in [5.41, 5.74) is 0.721. The number of hydrogen-bond donors (Lipinski definition) is 1. The Balaban J connectivity index is 1.71. The molecule has 1 aromatic rings. The third-order valence-electron chi connectivity index (χ3n) is 9.10. The topological polar surface area (TPSA) is 90.4 Å². The summed E-state index contributed by atoms with van der Waals surface area (Å²) in [6.45, 7) is 14.3. The highest BCUT2D eigenvalue weighted by atomic mass is 79.9. The maximum Gasteiger partial charge on any atom is 0.247 e. The number of amides is 3. The van der Waals surface area contributed by atoms with Gasteiger partial charge in [0.05, 0.1) is 23.2 Å². The summed E-state index contributed by atoms with van der Waals surface area (Å²) in [6.07, 6.45) is 9.15. The molecule has 3 saturated heterocycles. The van der Waals surface area contributed by atoms with Crippen LogP contribution in [0.1, 0.15) is 58.8 Å². The molecule has 0 radical (unpaired) electrons. The number of alkyl halides is 1. The summed E-state index contributed by atoms with van der Waals surface area (Å²) in [5.74, 6) is -0.712. The summed E-state index contributed by atoms with van der Waals surface area (Å²) < 4.78 is 4.91. The van der Waals surface area contributed by atoms with E-state index in [9.17, 15) is 19.5 Å². The molecule has 1 spiro atoms. The largest absolute Gasteiger partial charge is 0.494 e. The molecule has 0 aliphatic carbocycles. The molecular formula is C34H48BrN3O5S. The average Bonchev–Trinajstić information content (AvgIpc) is 3.61. The number of likely N-dealkylation sites (tertiary alicyclic amines) is 1. The van der Waals surface area contributed by atoms with E-state index >= 15 is 0 Å². The maximum absolute atomic E-state index is 14.6. The van der Waals surface area contributed by atoms with E-state index < -0.39 is 22.6 Å². The van der Waals surface area contributed by atoms with Crippen LogP contribution in [-0.2, 0) is 14.4 Å². The smallest absolute Gasteiger partial charge is 0.247 e. The molecular weight excluding hydrogens is 642 g/mol. The van der Waals surface area contributed by atoms with Crippen LogP contribution in [-0.4, -0.2) is 92.9 Å². The van der Waals surface area contributed by atoms with Gasteiger partial charge in [-0.2, -0.15) is 0 Å². The second kappa shape index (κ2) is 15.8. The molecule has 3 unspecified atom stereocenters. The Labute approximate surface area is 275 Å². The van der Waals surface area contributed by atoms with E-state index in [0.717, 1.165) is 37.1 Å². The molecule has 3 heterocycles. The third-order valence-corrected chi connectivity index (χ3v) is 12.3. The Morgan fingerprint density at radius 1 is 1.09 bits per heavy atom. The summed E-state index contributed by atoms with van der Waals surface area (Å²) in [7, 11) is 0. The first-order valence-corrected chi connectivity index (χ1v) is 17.9. The number of hydrogen-bond acceptors (Lipinski definition) is 6. The Kier molecular flexibility index (Phi) is 12.4. The first kappa shape index (κ1) is 34.6. The number of benzene rings is 1. The zero-order chi connectivity index (χ0) is 31.9. The number of halogens is 1. The number of nitrogens with zero attached hydrogens (tertiary/aromatic N) is 3. The number of unbranched alkanes of at least 4 members (excludes halogenated alkanes) is 4. The maximum atomic E-state index is 14.6. The number of rotatable bonds is 18. The molecule has 3 aliphatic heterocycles. The second-order valence-corrected chi connectivity index (χ2v) is 14.6. The molecule has 3 aliphatic rings. The Hall–Kier alpha value is -2.30. The Morgan fingerprint density at radius 3 is 2.45 bits per heavy atom. The highest BCUT2D eigenvalue weighted by Crippen LogP contribution is 2.68. The molecule has 1 aromatic carbocycles. The van der Waals surface area contributed by atoms with E-state index in [4.69, 9.17) is 4.74 Å². The first-order chi connectivity index (χ1) is 21.3. The number of carbonyl (C=O) groups is 3. The van der Waals surface area contributed by atoms with E-state index in [1.807, 2.05) is 36.1 Å². The molecule has 6 atom stereocenters. The number of fused-ring (bicyclic) bond motifs is 1. The molecule has 3 amide bonds. The lowest BCUT2D eigenvalue weighted by Gasteiger charge is -2.38. The van der Waals surface area contributed by atoms with E-state index in [0.29, 0.717) is 52.0 Å². The van der Waals surface area contributed by atoms with Crippen LogP contribution in [0.4, 0.5) is 5.69 Å². The standard InChI is InChI=1S/C34H48BrN3O5S/c1-5-9-11-20-36(18-6-2)33(42)30-34-23-26(35)29(44-34)27(28(34)32(41)38(30)21-12-10-13-22-39)31(40)37(19-7-3)24-14-16-25(17-15-24)43-8-4/h6-7,14-17,26-30,39H,2-3,5,8-13,18-23H2,1,4H3/t26?,27-,28+,29-,30?,34?/m1/s1. The van der Waals surface area contributed by atoms with Crippen molar-refractivity contribution < 1.29 is 24.2 Å². The summed E-state index contributed by atoms with van der Waals surface area (Å²) in [6, 6.07) is 6.79. The van der Waals surface area contributed by atoms with Crippen LogP contribution in [0, 0.1) is 11.8 Å². The van der Waals surface area contributed by atoms with Gasteiger partial charge in [-0.05, 0) is 63.3 Å². The molecule has 4 rings (SSSR count). The minimum absolute atomic E-state index is 0.00556. The molecule has 1 N–H and O–H groups in total. The molecule has 242 valence electrons. The van der Waals surface area contributed by atoms with E-state index in [1.54, 1.807) is 33.7 Å². The minimum atomic E-state index is -0.701. The Morgan fingerprint density at radius 2 is 1.82 bits per heavy atom. The van der Waals surface area contributed by atoms with Gasteiger partial charge in [-0.15, -0.1) is 24.9 Å². The van der Waals surface area contributed by atoms with Gasteiger partial charge in [-0.1, -0.05) is 47.8 Å². The van der Waals surface area contributed by atoms with Gasteiger partial charge in [-0.25, -0.2) is 0 Å². The lowest BCUT2D eigenvalue weighted by atomic mass is 9.70. The second-order valence-electron chi connectivity index (χ2n) is 11.9. The number of aliphatic hydroxyl groups is 1. The fourth-order valence-corrected chi connectivity index (χ4v) is 10.8. The zero-order valence-electron chi connectivity index (χ0n) is 26.2. The third kappa shape index (κ3) is 6.77. The molecule has 2 bridgehead atoms. The molecule has 0 aromatic heterocycles. The lowest BCUT2D eigenvalue weighted by molar-refractivity contribution is -0.142. The van der Waals surface area contributed by atoms with Gasteiger partial charge >= 0.3 is 0 Å². The van der Waals surface area contributed by atoms with Crippen molar-refractivity contribution in [2.45, 2.75) is 79.7 Å². The predicted molar refractivity (Wildman–Crippen MR) is 181 cm³/mol. The quantitative estimate of drug-likeness (QED) is 0.126. The monoisotopic (exact) mass is 689 g/mol. The van der Waals surface area contributed by atoms with Crippen LogP contribution in [0.5, 0.6) is 5.75 Å². The predicted octanol–water partition coefficient (Wildman–Crippen LogP) is 5.44. The summed E-state index contributed by atoms with van der Waals surface area (Å²) in [4.78, 5) is 48.9. The molecule has 3 fully saturated rings. The van der Waals surface area contributed by atoms with Crippen LogP contribution < -0.4 is 9.64 Å². The van der Waals surface area contributed by atoms with Crippen LogP contribution in [0.2, 0.25) is 0 Å². The fourth-order valence-electron chi connectivity index (χ4n) is 7.20. The minimum Gasteiger partial charge on any atom is -0.494 e. The molecule has 8 nitrogen and oxygen atoms in total. The lowest BCUT2D eigenvalue weighted by Crippen LogP contribution is -2.56. The van der Waals surface area contributed by atoms with Crippen molar-refractivity contribution in [3.05, 3.63) is 49.6 Å². The van der Waals surface area contributed by atoms with Gasteiger partial charge in [0, 0.05) is 48.6 Å². The van der Waals surface area contributed by atoms with Crippen LogP contribution in [0.3, 0.4) is 0 Å². The fraction of sp³-hybridized carbons (Fsp3) is 0.618. The number of carbonyl (C=O) groups excluding carboxylic acids is 3. The van der Waals surface area contributed by atoms with Gasteiger partial charge < -0.3 is 24.5 Å². The van der Waals surface area contributed by atoms with Crippen molar-refractivity contribution in [1.29, 1.82) is 0 Å². The normalized spacial score (nSPS) is 26.9. The van der Waals surface area contributed by atoms with Crippen molar-refractivity contribution in [2.24, 2.45) is 11.8 Å². The van der Waals surface area contributed by atoms with Gasteiger partial charge in [0.1, 0.15) is 11.8 Å². The van der Waals surface area contributed by atoms with Crippen LogP contribution >= 0.6 is 27.7 Å². The van der Waals surface area contributed by atoms with E-state index in [1.165, 1.54) is 0 Å². The highest BCUT2D eigenvalue weighted by molar-refractivity contribution is 9.09. The van der Waals surface area contributed by atoms with Crippen LogP contribution in [0.25, 0.3) is 0 Å². The first-order valence-electron chi connectivity index (χ1n) is 16.1. The van der Waals surface area contributed by atoms with Crippen molar-refractivity contribution in [1.82, 2.24) is 9.80 Å². The van der Waals surface area contributed by atoms with Crippen LogP contribution in [0.15, 0.2) is 49.6 Å². The van der Waals surface area contributed by atoms with Crippen molar-refractivity contribution >= 4 is 51.1 Å². The van der Waals surface area contributed by atoms with Crippen molar-refractivity contribution in [2.75, 3.05) is 44.3 Å². The Bertz CT molecular complexity index is 1180. The zero-order valence-corrected chi connectivity index (χ0v) is 28.6. The summed E-state index contributed by atoms with van der Waals surface area (Å²) in [5, 5.41) is 9.21. The highest BCUT2D eigenvalue weighted by Gasteiger charge is 2.76. The number of ether oxygens (including phenoxy) is 1. The summed E-state index contributed by atoms with van der Waals surface area (Å²) >= 11 is 5.56. The van der Waals surface area contributed by atoms with Crippen molar-refractivity contribution in [3.8, 4) is 5.75 Å². The average molecular weight is 691 g/mol. The van der Waals surface area contributed by atoms with E-state index in [2.05, 4.69) is 36.0 Å². The van der Waals surface area contributed by atoms with E-state index in [-0.39, 0.29) is 34.4 Å². The van der Waals surface area contributed by atoms with Gasteiger partial charge in [0.15, 0.2) is 0 Å². The van der Waals surface area contributed by atoms with Gasteiger partial charge in [-0.3, -0.25) is 14.4 Å². The van der Waals surface area contributed by atoms with Gasteiger partial charge in [0.25, 0.3) is 0 Å². The number of thioether (sulfide) groups is 1. The number of aliphatic hydroxyl groups excluding tert-OH is 1. The van der Waals surface area contributed by atoms with Crippen molar-refractivity contribution in [3.63, 3.8) is 0 Å².